The lowest BCUT2D eigenvalue weighted by Crippen LogP contribution is -2.31. The van der Waals surface area contributed by atoms with Crippen molar-refractivity contribution in [1.29, 1.82) is 0 Å². The van der Waals surface area contributed by atoms with Gasteiger partial charge in [0.2, 0.25) is 5.88 Å². The molecule has 1 aromatic carbocycles. The Hall–Kier alpha value is -2.80. The summed E-state index contributed by atoms with van der Waals surface area (Å²) in [5.41, 5.74) is 2.91. The topological polar surface area (TPSA) is 68.2 Å². The van der Waals surface area contributed by atoms with Crippen LogP contribution in [0.1, 0.15) is 35.1 Å². The number of para-hydroxylation sites is 1. The van der Waals surface area contributed by atoms with Gasteiger partial charge in [-0.3, -0.25) is 9.78 Å². The Morgan fingerprint density at radius 1 is 1.24 bits per heavy atom. The SMILES string of the molecule is O=C(c1cscn1)N1CCC[C@@H]1c1cncc(Oc2ccccc2)n1. The van der Waals surface area contributed by atoms with Crippen molar-refractivity contribution >= 4 is 17.2 Å². The van der Waals surface area contributed by atoms with E-state index in [1.807, 2.05) is 35.2 Å². The van der Waals surface area contributed by atoms with Gasteiger partial charge in [-0.15, -0.1) is 11.3 Å². The fraction of sp³-hybridized carbons (Fsp3) is 0.222. The second-order valence-electron chi connectivity index (χ2n) is 5.73. The van der Waals surface area contributed by atoms with Crippen molar-refractivity contribution in [2.45, 2.75) is 18.9 Å². The van der Waals surface area contributed by atoms with Gasteiger partial charge in [0.05, 0.1) is 29.6 Å². The summed E-state index contributed by atoms with van der Waals surface area (Å²) in [6.07, 6.45) is 5.08. The van der Waals surface area contributed by atoms with Gasteiger partial charge in [0.1, 0.15) is 11.4 Å². The standard InChI is InChI=1S/C18H16N4O2S/c23-18(15-11-25-12-20-15)22-8-4-7-16(22)14-9-19-10-17(21-14)24-13-5-2-1-3-6-13/h1-3,5-6,9-12,16H,4,7-8H2/t16-/m1/s1. The maximum atomic E-state index is 12.7. The molecule has 3 aromatic rings. The molecule has 0 bridgehead atoms. The monoisotopic (exact) mass is 352 g/mol. The lowest BCUT2D eigenvalue weighted by Gasteiger charge is -2.23. The number of nitrogens with zero attached hydrogens (tertiary/aromatic N) is 4. The zero-order valence-electron chi connectivity index (χ0n) is 13.4. The zero-order valence-corrected chi connectivity index (χ0v) is 14.2. The number of benzene rings is 1. The first-order valence-corrected chi connectivity index (χ1v) is 8.99. The third kappa shape index (κ3) is 3.36. The van der Waals surface area contributed by atoms with Crippen LogP contribution in [0.5, 0.6) is 11.6 Å². The Morgan fingerprint density at radius 3 is 2.92 bits per heavy atom. The lowest BCUT2D eigenvalue weighted by molar-refractivity contribution is 0.0727. The minimum absolute atomic E-state index is 0.0556. The van der Waals surface area contributed by atoms with Gasteiger partial charge in [-0.1, -0.05) is 18.2 Å². The molecule has 0 aliphatic carbocycles. The van der Waals surface area contributed by atoms with Gasteiger partial charge in [0.25, 0.3) is 5.91 Å². The van der Waals surface area contributed by atoms with E-state index in [4.69, 9.17) is 4.74 Å². The quantitative estimate of drug-likeness (QED) is 0.716. The molecule has 0 radical (unpaired) electrons. The molecule has 25 heavy (non-hydrogen) atoms. The van der Waals surface area contributed by atoms with E-state index in [0.29, 0.717) is 23.9 Å². The summed E-state index contributed by atoms with van der Waals surface area (Å²) in [5.74, 6) is 1.08. The fourth-order valence-electron chi connectivity index (χ4n) is 2.96. The van der Waals surface area contributed by atoms with Crippen molar-refractivity contribution in [3.63, 3.8) is 0 Å². The number of carbonyl (C=O) groups is 1. The van der Waals surface area contributed by atoms with Crippen LogP contribution in [-0.4, -0.2) is 32.3 Å². The molecule has 1 atom stereocenters. The normalized spacial score (nSPS) is 16.8. The first kappa shape index (κ1) is 15.7. The van der Waals surface area contributed by atoms with Gasteiger partial charge in [-0.25, -0.2) is 9.97 Å². The van der Waals surface area contributed by atoms with E-state index in [1.165, 1.54) is 11.3 Å². The molecule has 1 aliphatic heterocycles. The molecule has 4 rings (SSSR count). The molecule has 1 fully saturated rings. The van der Waals surface area contributed by atoms with E-state index in [-0.39, 0.29) is 11.9 Å². The van der Waals surface area contributed by atoms with Crippen molar-refractivity contribution in [2.24, 2.45) is 0 Å². The minimum atomic E-state index is -0.0963. The molecule has 1 saturated heterocycles. The Labute approximate surface area is 149 Å². The molecule has 3 heterocycles. The number of carbonyl (C=O) groups excluding carboxylic acids is 1. The predicted octanol–water partition coefficient (Wildman–Crippen LogP) is 3.70. The molecule has 7 heteroatoms. The van der Waals surface area contributed by atoms with Crippen LogP contribution in [0.2, 0.25) is 0 Å². The van der Waals surface area contributed by atoms with E-state index in [2.05, 4.69) is 15.0 Å². The Balaban J connectivity index is 1.56. The highest BCUT2D eigenvalue weighted by atomic mass is 32.1. The van der Waals surface area contributed by atoms with Crippen LogP contribution < -0.4 is 4.74 Å². The molecule has 0 N–H and O–H groups in total. The number of ether oxygens (including phenoxy) is 1. The van der Waals surface area contributed by atoms with Crippen LogP contribution >= 0.6 is 11.3 Å². The van der Waals surface area contributed by atoms with E-state index in [0.717, 1.165) is 18.5 Å². The van der Waals surface area contributed by atoms with Gasteiger partial charge >= 0.3 is 0 Å². The summed E-state index contributed by atoms with van der Waals surface area (Å²) in [5, 5.41) is 1.78. The third-order valence-electron chi connectivity index (χ3n) is 4.10. The number of thiazole rings is 1. The van der Waals surface area contributed by atoms with E-state index in [9.17, 15) is 4.79 Å². The summed E-state index contributed by atoms with van der Waals surface area (Å²) in [6, 6.07) is 9.36. The highest BCUT2D eigenvalue weighted by Crippen LogP contribution is 2.32. The Morgan fingerprint density at radius 2 is 2.12 bits per heavy atom. The first-order valence-electron chi connectivity index (χ1n) is 8.05. The van der Waals surface area contributed by atoms with Crippen LogP contribution in [0.4, 0.5) is 0 Å². The number of amides is 1. The molecular weight excluding hydrogens is 336 g/mol. The van der Waals surface area contributed by atoms with Crippen LogP contribution in [0.15, 0.2) is 53.6 Å². The summed E-state index contributed by atoms with van der Waals surface area (Å²) in [4.78, 5) is 27.4. The van der Waals surface area contributed by atoms with Crippen LogP contribution in [0.3, 0.4) is 0 Å². The maximum absolute atomic E-state index is 12.7. The molecule has 1 aliphatic rings. The largest absolute Gasteiger partial charge is 0.437 e. The Bertz CT molecular complexity index is 855. The summed E-state index contributed by atoms with van der Waals surface area (Å²) >= 11 is 1.42. The van der Waals surface area contributed by atoms with Crippen LogP contribution in [0.25, 0.3) is 0 Å². The average molecular weight is 352 g/mol. The summed E-state index contributed by atoms with van der Waals surface area (Å²) in [7, 11) is 0. The van der Waals surface area contributed by atoms with Crippen molar-refractivity contribution in [1.82, 2.24) is 19.9 Å². The smallest absolute Gasteiger partial charge is 0.273 e. The second-order valence-corrected chi connectivity index (χ2v) is 6.45. The lowest BCUT2D eigenvalue weighted by atomic mass is 10.1. The van der Waals surface area contributed by atoms with E-state index >= 15 is 0 Å². The average Bonchev–Trinajstić information content (AvgIpc) is 3.34. The van der Waals surface area contributed by atoms with Crippen molar-refractivity contribution in [3.05, 3.63) is 65.0 Å². The number of aromatic nitrogens is 3. The molecule has 0 saturated carbocycles. The first-order chi connectivity index (χ1) is 12.3. The van der Waals surface area contributed by atoms with Gasteiger partial charge in [0, 0.05) is 11.9 Å². The number of hydrogen-bond acceptors (Lipinski definition) is 6. The highest BCUT2D eigenvalue weighted by Gasteiger charge is 2.32. The van der Waals surface area contributed by atoms with Gasteiger partial charge < -0.3 is 9.64 Å². The molecule has 0 spiro atoms. The van der Waals surface area contributed by atoms with Crippen LogP contribution in [0, 0.1) is 0 Å². The van der Waals surface area contributed by atoms with E-state index in [1.54, 1.807) is 23.3 Å². The molecule has 6 nitrogen and oxygen atoms in total. The zero-order chi connectivity index (χ0) is 17.1. The number of rotatable bonds is 4. The van der Waals surface area contributed by atoms with Crippen molar-refractivity contribution < 1.29 is 9.53 Å². The summed E-state index contributed by atoms with van der Waals surface area (Å²) < 4.78 is 5.76. The predicted molar refractivity (Wildman–Crippen MR) is 93.7 cm³/mol. The van der Waals surface area contributed by atoms with Gasteiger partial charge in [-0.05, 0) is 25.0 Å². The number of likely N-dealkylation sites (tertiary alicyclic amines) is 1. The van der Waals surface area contributed by atoms with Gasteiger partial charge in [-0.2, -0.15) is 0 Å². The number of hydrogen-bond donors (Lipinski definition) is 0. The molecule has 2 aromatic heterocycles. The highest BCUT2D eigenvalue weighted by molar-refractivity contribution is 7.07. The van der Waals surface area contributed by atoms with Gasteiger partial charge in [0.15, 0.2) is 0 Å². The molecule has 126 valence electrons. The Kier molecular flexibility index (Phi) is 4.39. The van der Waals surface area contributed by atoms with E-state index < -0.39 is 0 Å². The molecule has 1 amide bonds. The molecule has 0 unspecified atom stereocenters. The van der Waals surface area contributed by atoms with Crippen LogP contribution in [-0.2, 0) is 0 Å². The molecular formula is C18H16N4O2S. The fourth-order valence-corrected chi connectivity index (χ4v) is 3.49. The second kappa shape index (κ2) is 6.98. The van der Waals surface area contributed by atoms with Crippen molar-refractivity contribution in [2.75, 3.05) is 6.54 Å². The third-order valence-corrected chi connectivity index (χ3v) is 4.69. The maximum Gasteiger partial charge on any atom is 0.273 e. The summed E-state index contributed by atoms with van der Waals surface area (Å²) in [6.45, 7) is 0.701. The minimum Gasteiger partial charge on any atom is -0.437 e. The van der Waals surface area contributed by atoms with Crippen molar-refractivity contribution in [3.8, 4) is 11.6 Å².